The topological polar surface area (TPSA) is 21.6 Å². The van der Waals surface area contributed by atoms with Crippen LogP contribution in [-0.4, -0.2) is 11.8 Å². The quantitative estimate of drug-likeness (QED) is 0.526. The number of nitrogens with zero attached hydrogens (tertiary/aromatic N) is 1. The SMILES string of the molecule is CC1CC(C(C)C)=NO1. The Bertz CT molecular complexity index is 129. The molecule has 0 spiro atoms. The molecular formula is C7H13NO. The van der Waals surface area contributed by atoms with E-state index < -0.39 is 0 Å². The van der Waals surface area contributed by atoms with E-state index in [1.807, 2.05) is 6.92 Å². The van der Waals surface area contributed by atoms with Crippen LogP contribution in [0.1, 0.15) is 27.2 Å². The summed E-state index contributed by atoms with van der Waals surface area (Å²) in [5, 5.41) is 3.93. The van der Waals surface area contributed by atoms with E-state index in [0.29, 0.717) is 12.0 Å². The standard InChI is InChI=1S/C7H13NO/c1-5(2)7-4-6(3)9-8-7/h5-6H,4H2,1-3H3. The maximum atomic E-state index is 5.01. The molecule has 1 unspecified atom stereocenters. The van der Waals surface area contributed by atoms with E-state index in [9.17, 15) is 0 Å². The van der Waals surface area contributed by atoms with E-state index in [2.05, 4.69) is 19.0 Å². The lowest BCUT2D eigenvalue weighted by molar-refractivity contribution is 0.0994. The van der Waals surface area contributed by atoms with Gasteiger partial charge in [0.15, 0.2) is 0 Å². The summed E-state index contributed by atoms with van der Waals surface area (Å²) in [7, 11) is 0. The van der Waals surface area contributed by atoms with Gasteiger partial charge in [-0.2, -0.15) is 0 Å². The van der Waals surface area contributed by atoms with Gasteiger partial charge < -0.3 is 4.84 Å². The van der Waals surface area contributed by atoms with E-state index in [4.69, 9.17) is 4.84 Å². The molecule has 0 aromatic carbocycles. The largest absolute Gasteiger partial charge is 0.392 e. The number of oxime groups is 1. The average Bonchev–Trinajstić information content (AvgIpc) is 2.14. The molecule has 2 heteroatoms. The summed E-state index contributed by atoms with van der Waals surface area (Å²) in [6.45, 7) is 6.32. The molecule has 9 heavy (non-hydrogen) atoms. The zero-order chi connectivity index (χ0) is 6.85. The highest BCUT2D eigenvalue weighted by Crippen LogP contribution is 2.14. The molecule has 0 amide bonds. The van der Waals surface area contributed by atoms with Crippen LogP contribution in [0.3, 0.4) is 0 Å². The van der Waals surface area contributed by atoms with Crippen LogP contribution in [0.15, 0.2) is 5.16 Å². The normalized spacial score (nSPS) is 26.2. The summed E-state index contributed by atoms with van der Waals surface area (Å²) in [4.78, 5) is 5.01. The Morgan fingerprint density at radius 1 is 1.67 bits per heavy atom. The Morgan fingerprint density at radius 2 is 2.33 bits per heavy atom. The predicted octanol–water partition coefficient (Wildman–Crippen LogP) is 1.81. The monoisotopic (exact) mass is 127 g/mol. The zero-order valence-corrected chi connectivity index (χ0v) is 6.22. The zero-order valence-electron chi connectivity index (χ0n) is 6.22. The highest BCUT2D eigenvalue weighted by atomic mass is 16.6. The lowest BCUT2D eigenvalue weighted by Gasteiger charge is -1.99. The molecule has 0 aromatic heterocycles. The summed E-state index contributed by atoms with van der Waals surface area (Å²) >= 11 is 0. The lowest BCUT2D eigenvalue weighted by atomic mass is 10.0. The number of rotatable bonds is 1. The van der Waals surface area contributed by atoms with Gasteiger partial charge >= 0.3 is 0 Å². The molecule has 1 aliphatic rings. The summed E-state index contributed by atoms with van der Waals surface area (Å²) in [5.41, 5.74) is 1.20. The molecule has 0 N–H and O–H groups in total. The van der Waals surface area contributed by atoms with Crippen molar-refractivity contribution < 1.29 is 4.84 Å². The number of hydrogen-bond acceptors (Lipinski definition) is 2. The van der Waals surface area contributed by atoms with Gasteiger partial charge in [0.1, 0.15) is 6.10 Å². The first-order valence-electron chi connectivity index (χ1n) is 3.42. The van der Waals surface area contributed by atoms with E-state index in [-0.39, 0.29) is 0 Å². The third kappa shape index (κ3) is 1.44. The second-order valence-corrected chi connectivity index (χ2v) is 2.86. The molecule has 52 valence electrons. The minimum atomic E-state index is 0.308. The highest BCUT2D eigenvalue weighted by Gasteiger charge is 2.17. The maximum Gasteiger partial charge on any atom is 0.130 e. The maximum absolute atomic E-state index is 5.01. The second kappa shape index (κ2) is 2.38. The fourth-order valence-electron chi connectivity index (χ4n) is 0.868. The molecule has 0 fully saturated rings. The molecule has 0 saturated carbocycles. The molecule has 1 atom stereocenters. The first-order chi connectivity index (χ1) is 4.20. The van der Waals surface area contributed by atoms with Crippen LogP contribution in [0.25, 0.3) is 0 Å². The molecular weight excluding hydrogens is 114 g/mol. The minimum Gasteiger partial charge on any atom is -0.392 e. The summed E-state index contributed by atoms with van der Waals surface area (Å²) in [5.74, 6) is 0.551. The van der Waals surface area contributed by atoms with Gasteiger partial charge in [-0.1, -0.05) is 19.0 Å². The van der Waals surface area contributed by atoms with Crippen molar-refractivity contribution in [2.24, 2.45) is 11.1 Å². The predicted molar refractivity (Wildman–Crippen MR) is 37.4 cm³/mol. The van der Waals surface area contributed by atoms with Gasteiger partial charge in [0.25, 0.3) is 0 Å². The lowest BCUT2D eigenvalue weighted by Crippen LogP contribution is -2.07. The van der Waals surface area contributed by atoms with Gasteiger partial charge in [0, 0.05) is 6.42 Å². The van der Waals surface area contributed by atoms with Crippen molar-refractivity contribution in [3.05, 3.63) is 0 Å². The molecule has 1 rings (SSSR count). The van der Waals surface area contributed by atoms with Crippen molar-refractivity contribution in [1.82, 2.24) is 0 Å². The van der Waals surface area contributed by atoms with Crippen LogP contribution in [0, 0.1) is 5.92 Å². The Kier molecular flexibility index (Phi) is 1.74. The minimum absolute atomic E-state index is 0.308. The first kappa shape index (κ1) is 6.59. The van der Waals surface area contributed by atoms with Crippen LogP contribution in [0.4, 0.5) is 0 Å². The molecule has 1 aliphatic heterocycles. The molecule has 0 aliphatic carbocycles. The smallest absolute Gasteiger partial charge is 0.130 e. The van der Waals surface area contributed by atoms with Gasteiger partial charge in [0.2, 0.25) is 0 Å². The van der Waals surface area contributed by atoms with Crippen LogP contribution in [0.2, 0.25) is 0 Å². The molecule has 0 saturated heterocycles. The summed E-state index contributed by atoms with van der Waals surface area (Å²) in [6.07, 6.45) is 1.32. The summed E-state index contributed by atoms with van der Waals surface area (Å²) in [6, 6.07) is 0. The Hall–Kier alpha value is -0.530. The number of hydrogen-bond donors (Lipinski definition) is 0. The third-order valence-corrected chi connectivity index (χ3v) is 1.51. The van der Waals surface area contributed by atoms with Gasteiger partial charge in [-0.05, 0) is 12.8 Å². The van der Waals surface area contributed by atoms with E-state index in [1.54, 1.807) is 0 Å². The third-order valence-electron chi connectivity index (χ3n) is 1.51. The summed E-state index contributed by atoms with van der Waals surface area (Å²) < 4.78 is 0. The van der Waals surface area contributed by atoms with Gasteiger partial charge in [-0.15, -0.1) is 0 Å². The van der Waals surface area contributed by atoms with Crippen molar-refractivity contribution in [3.8, 4) is 0 Å². The van der Waals surface area contributed by atoms with Gasteiger partial charge in [-0.3, -0.25) is 0 Å². The second-order valence-electron chi connectivity index (χ2n) is 2.86. The fourth-order valence-corrected chi connectivity index (χ4v) is 0.868. The van der Waals surface area contributed by atoms with Crippen molar-refractivity contribution >= 4 is 5.71 Å². The first-order valence-corrected chi connectivity index (χ1v) is 3.42. The molecule has 0 aromatic rings. The Morgan fingerprint density at radius 3 is 2.56 bits per heavy atom. The van der Waals surface area contributed by atoms with Gasteiger partial charge in [0.05, 0.1) is 5.71 Å². The van der Waals surface area contributed by atoms with Crippen LogP contribution in [0.5, 0.6) is 0 Å². The fraction of sp³-hybridized carbons (Fsp3) is 0.857. The van der Waals surface area contributed by atoms with Crippen molar-refractivity contribution in [3.63, 3.8) is 0 Å². The van der Waals surface area contributed by atoms with Crippen LogP contribution < -0.4 is 0 Å². The molecule has 0 radical (unpaired) electrons. The molecule has 0 bridgehead atoms. The van der Waals surface area contributed by atoms with E-state index in [1.165, 1.54) is 5.71 Å². The molecule has 1 heterocycles. The van der Waals surface area contributed by atoms with Crippen molar-refractivity contribution in [1.29, 1.82) is 0 Å². The van der Waals surface area contributed by atoms with E-state index >= 15 is 0 Å². The average molecular weight is 127 g/mol. The Balaban J connectivity index is 2.45. The highest BCUT2D eigenvalue weighted by molar-refractivity contribution is 5.86. The van der Waals surface area contributed by atoms with Crippen molar-refractivity contribution in [2.45, 2.75) is 33.3 Å². The van der Waals surface area contributed by atoms with Crippen LogP contribution >= 0.6 is 0 Å². The van der Waals surface area contributed by atoms with Crippen molar-refractivity contribution in [2.75, 3.05) is 0 Å². The van der Waals surface area contributed by atoms with Crippen LogP contribution in [-0.2, 0) is 4.84 Å². The Labute approximate surface area is 55.9 Å². The van der Waals surface area contributed by atoms with Gasteiger partial charge in [-0.25, -0.2) is 0 Å². The van der Waals surface area contributed by atoms with E-state index in [0.717, 1.165) is 6.42 Å². The molecule has 2 nitrogen and oxygen atoms in total.